The molecule has 0 aromatic heterocycles. The molecule has 0 fully saturated rings. The first-order valence-electron chi connectivity index (χ1n) is 9.50. The van der Waals surface area contributed by atoms with Gasteiger partial charge in [0.25, 0.3) is 5.91 Å². The number of alkyl halides is 3. The lowest BCUT2D eigenvalue weighted by atomic mass is 9.94. The number of halogens is 3. The second-order valence-corrected chi connectivity index (χ2v) is 8.20. The highest BCUT2D eigenvalue weighted by Gasteiger charge is 2.30. The predicted octanol–water partition coefficient (Wildman–Crippen LogP) is 5.51. The largest absolute Gasteiger partial charge is 0.416 e. The lowest BCUT2D eigenvalue weighted by molar-refractivity contribution is -0.137. The van der Waals surface area contributed by atoms with E-state index in [0.29, 0.717) is 12.8 Å². The maximum Gasteiger partial charge on any atom is 0.416 e. The standard InChI is InChI=1S/C23H18F3NO2S/c24-23(25,26)17-6-2-5-16(13-17)22(29)27-11-9-15-4-1-3-14-7-8-19-21(20(14)15)18(28)10-12-30-19/h1-8,13H,9-12H2,(H,27,29). The highest BCUT2D eigenvalue weighted by Crippen LogP contribution is 2.36. The van der Waals surface area contributed by atoms with E-state index in [1.165, 1.54) is 12.1 Å². The Labute approximate surface area is 175 Å². The quantitative estimate of drug-likeness (QED) is 0.595. The highest BCUT2D eigenvalue weighted by atomic mass is 32.2. The molecular formula is C23H18F3NO2S. The van der Waals surface area contributed by atoms with Crippen LogP contribution >= 0.6 is 11.8 Å². The summed E-state index contributed by atoms with van der Waals surface area (Å²) < 4.78 is 38.6. The topological polar surface area (TPSA) is 46.2 Å². The van der Waals surface area contributed by atoms with Crippen molar-refractivity contribution in [3.63, 3.8) is 0 Å². The summed E-state index contributed by atoms with van der Waals surface area (Å²) in [6.07, 6.45) is -3.53. The smallest absolute Gasteiger partial charge is 0.352 e. The Bertz CT molecular complexity index is 1140. The van der Waals surface area contributed by atoms with Gasteiger partial charge in [-0.15, -0.1) is 11.8 Å². The zero-order valence-electron chi connectivity index (χ0n) is 15.9. The average Bonchev–Trinajstić information content (AvgIpc) is 2.73. The van der Waals surface area contributed by atoms with E-state index in [9.17, 15) is 22.8 Å². The first-order valence-corrected chi connectivity index (χ1v) is 10.5. The van der Waals surface area contributed by atoms with Crippen molar-refractivity contribution in [2.45, 2.75) is 23.9 Å². The molecule has 1 amide bonds. The molecule has 1 heterocycles. The molecule has 3 aromatic carbocycles. The first kappa shape index (κ1) is 20.5. The monoisotopic (exact) mass is 429 g/mol. The van der Waals surface area contributed by atoms with Crippen LogP contribution in [0.5, 0.6) is 0 Å². The number of Topliss-reactive ketones (excluding diaryl/α,β-unsaturated/α-hetero) is 1. The third kappa shape index (κ3) is 4.07. The van der Waals surface area contributed by atoms with Gasteiger partial charge in [0.1, 0.15) is 0 Å². The lowest BCUT2D eigenvalue weighted by Crippen LogP contribution is -2.26. The number of carbonyl (C=O) groups excluding carboxylic acids is 2. The summed E-state index contributed by atoms with van der Waals surface area (Å²) in [6, 6.07) is 14.1. The lowest BCUT2D eigenvalue weighted by Gasteiger charge is -2.18. The number of hydrogen-bond acceptors (Lipinski definition) is 3. The zero-order chi connectivity index (χ0) is 21.3. The minimum Gasteiger partial charge on any atom is -0.352 e. The molecule has 0 atom stereocenters. The molecule has 0 unspecified atom stereocenters. The van der Waals surface area contributed by atoms with Crippen molar-refractivity contribution in [2.75, 3.05) is 12.3 Å². The van der Waals surface area contributed by atoms with E-state index in [1.54, 1.807) is 11.8 Å². The maximum atomic E-state index is 12.9. The van der Waals surface area contributed by atoms with Gasteiger partial charge in [-0.25, -0.2) is 0 Å². The fourth-order valence-electron chi connectivity index (χ4n) is 3.67. The molecule has 0 aliphatic carbocycles. The number of hydrogen-bond donors (Lipinski definition) is 1. The van der Waals surface area contributed by atoms with Crippen molar-refractivity contribution in [1.82, 2.24) is 5.32 Å². The minimum absolute atomic E-state index is 0.0355. The zero-order valence-corrected chi connectivity index (χ0v) is 16.7. The van der Waals surface area contributed by atoms with Crippen molar-refractivity contribution >= 4 is 34.2 Å². The number of amides is 1. The summed E-state index contributed by atoms with van der Waals surface area (Å²) in [6.45, 7) is 0.249. The van der Waals surface area contributed by atoms with Crippen LogP contribution in [0.15, 0.2) is 59.5 Å². The Morgan fingerprint density at radius 1 is 1.07 bits per heavy atom. The van der Waals surface area contributed by atoms with Gasteiger partial charge in [-0.3, -0.25) is 9.59 Å². The molecule has 0 bridgehead atoms. The third-order valence-electron chi connectivity index (χ3n) is 5.09. The average molecular weight is 429 g/mol. The predicted molar refractivity (Wildman–Crippen MR) is 111 cm³/mol. The molecule has 1 N–H and O–H groups in total. The van der Waals surface area contributed by atoms with Crippen LogP contribution in [0.1, 0.15) is 38.3 Å². The van der Waals surface area contributed by atoms with Gasteiger partial charge in [0.2, 0.25) is 0 Å². The molecule has 3 aromatic rings. The van der Waals surface area contributed by atoms with Crippen LogP contribution < -0.4 is 5.32 Å². The SMILES string of the molecule is O=C(NCCc1cccc2ccc3c(c12)C(=O)CCS3)c1cccc(C(F)(F)F)c1. The van der Waals surface area contributed by atoms with Gasteiger partial charge in [-0.05, 0) is 47.0 Å². The van der Waals surface area contributed by atoms with Gasteiger partial charge in [-0.2, -0.15) is 13.2 Å². The summed E-state index contributed by atoms with van der Waals surface area (Å²) in [7, 11) is 0. The van der Waals surface area contributed by atoms with Crippen LogP contribution in [0.25, 0.3) is 10.8 Å². The molecule has 0 radical (unpaired) electrons. The van der Waals surface area contributed by atoms with Gasteiger partial charge in [0, 0.05) is 34.7 Å². The minimum atomic E-state index is -4.50. The Morgan fingerprint density at radius 2 is 1.87 bits per heavy atom. The fraction of sp³-hybridized carbons (Fsp3) is 0.217. The fourth-order valence-corrected chi connectivity index (χ4v) is 4.70. The van der Waals surface area contributed by atoms with E-state index in [0.717, 1.165) is 44.7 Å². The van der Waals surface area contributed by atoms with Crippen LogP contribution in [0.4, 0.5) is 13.2 Å². The van der Waals surface area contributed by atoms with Crippen LogP contribution in [0.3, 0.4) is 0 Å². The van der Waals surface area contributed by atoms with Gasteiger partial charge in [-0.1, -0.05) is 30.3 Å². The van der Waals surface area contributed by atoms with Crippen molar-refractivity contribution < 1.29 is 22.8 Å². The molecule has 30 heavy (non-hydrogen) atoms. The van der Waals surface area contributed by atoms with E-state index >= 15 is 0 Å². The summed E-state index contributed by atoms with van der Waals surface area (Å²) >= 11 is 1.66. The van der Waals surface area contributed by atoms with Crippen LogP contribution in [-0.2, 0) is 12.6 Å². The van der Waals surface area contributed by atoms with E-state index in [2.05, 4.69) is 5.32 Å². The molecule has 4 rings (SSSR count). The normalized spacial score (nSPS) is 13.9. The molecule has 1 aliphatic heterocycles. The number of benzene rings is 3. The molecule has 3 nitrogen and oxygen atoms in total. The first-order chi connectivity index (χ1) is 14.3. The molecule has 154 valence electrons. The van der Waals surface area contributed by atoms with E-state index in [4.69, 9.17) is 0 Å². The summed E-state index contributed by atoms with van der Waals surface area (Å²) in [5.74, 6) is 0.330. The second-order valence-electron chi connectivity index (χ2n) is 7.06. The molecule has 0 spiro atoms. The van der Waals surface area contributed by atoms with Crippen molar-refractivity contribution in [3.05, 3.63) is 76.9 Å². The molecular weight excluding hydrogens is 411 g/mol. The number of fused-ring (bicyclic) bond motifs is 3. The van der Waals surface area contributed by atoms with Gasteiger partial charge >= 0.3 is 6.18 Å². The number of nitrogens with one attached hydrogen (secondary N) is 1. The Morgan fingerprint density at radius 3 is 2.67 bits per heavy atom. The number of ketones is 1. The number of rotatable bonds is 4. The van der Waals surface area contributed by atoms with Crippen LogP contribution in [-0.4, -0.2) is 24.0 Å². The molecule has 1 aliphatic rings. The Kier molecular flexibility index (Phi) is 5.56. The van der Waals surface area contributed by atoms with E-state index < -0.39 is 17.6 Å². The number of carbonyl (C=O) groups is 2. The molecule has 0 saturated carbocycles. The second kappa shape index (κ2) is 8.14. The molecule has 7 heteroatoms. The van der Waals surface area contributed by atoms with Gasteiger partial charge in [0.15, 0.2) is 5.78 Å². The highest BCUT2D eigenvalue weighted by molar-refractivity contribution is 7.99. The summed E-state index contributed by atoms with van der Waals surface area (Å²) in [5.41, 5.74) is 0.784. The molecule has 0 saturated heterocycles. The Hall–Kier alpha value is -2.80. The summed E-state index contributed by atoms with van der Waals surface area (Å²) in [4.78, 5) is 25.9. The maximum absolute atomic E-state index is 12.9. The van der Waals surface area contributed by atoms with E-state index in [1.807, 2.05) is 30.3 Å². The van der Waals surface area contributed by atoms with Gasteiger partial charge < -0.3 is 5.32 Å². The van der Waals surface area contributed by atoms with Crippen molar-refractivity contribution in [1.29, 1.82) is 0 Å². The van der Waals surface area contributed by atoms with E-state index in [-0.39, 0.29) is 17.9 Å². The number of thioether (sulfide) groups is 1. The van der Waals surface area contributed by atoms with Crippen LogP contribution in [0.2, 0.25) is 0 Å². The van der Waals surface area contributed by atoms with Gasteiger partial charge in [0.05, 0.1) is 5.56 Å². The summed E-state index contributed by atoms with van der Waals surface area (Å²) in [5, 5.41) is 4.55. The van der Waals surface area contributed by atoms with Crippen molar-refractivity contribution in [3.8, 4) is 0 Å². The Balaban J connectivity index is 1.54. The third-order valence-corrected chi connectivity index (χ3v) is 6.15. The van der Waals surface area contributed by atoms with Crippen molar-refractivity contribution in [2.24, 2.45) is 0 Å². The van der Waals surface area contributed by atoms with Crippen LogP contribution in [0, 0.1) is 0 Å².